The van der Waals surface area contributed by atoms with Crippen LogP contribution in [0.15, 0.2) is 12.1 Å². The highest BCUT2D eigenvalue weighted by Gasteiger charge is 2.35. The predicted molar refractivity (Wildman–Crippen MR) is 76.2 cm³/mol. The lowest BCUT2D eigenvalue weighted by molar-refractivity contribution is -0.141. The molecule has 2 unspecified atom stereocenters. The summed E-state index contributed by atoms with van der Waals surface area (Å²) in [5.41, 5.74) is 2.08. The van der Waals surface area contributed by atoms with Gasteiger partial charge in [-0.1, -0.05) is 26.8 Å². The Hall–Kier alpha value is -1.71. The topological polar surface area (TPSA) is 44.8 Å². The van der Waals surface area contributed by atoms with Gasteiger partial charge >= 0.3 is 5.97 Å². The van der Waals surface area contributed by atoms with Crippen molar-refractivity contribution in [3.63, 3.8) is 0 Å². The molecule has 0 N–H and O–H groups in total. The van der Waals surface area contributed by atoms with Crippen LogP contribution in [-0.4, -0.2) is 20.2 Å². The van der Waals surface area contributed by atoms with Crippen molar-refractivity contribution in [3.05, 3.63) is 23.3 Å². The summed E-state index contributed by atoms with van der Waals surface area (Å²) in [5, 5.41) is 0. The second-order valence-corrected chi connectivity index (χ2v) is 5.55. The molecule has 1 aromatic carbocycles. The van der Waals surface area contributed by atoms with Crippen molar-refractivity contribution in [2.45, 2.75) is 39.2 Å². The Labute approximate surface area is 120 Å². The second-order valence-electron chi connectivity index (χ2n) is 5.55. The first-order chi connectivity index (χ1) is 9.49. The smallest absolute Gasteiger partial charge is 0.306 e. The largest absolute Gasteiger partial charge is 0.493 e. The first kappa shape index (κ1) is 14.7. The average Bonchev–Trinajstić information content (AvgIpc) is 2.75. The summed E-state index contributed by atoms with van der Waals surface area (Å²) in [7, 11) is 3.26. The Morgan fingerprint density at radius 1 is 1.25 bits per heavy atom. The summed E-state index contributed by atoms with van der Waals surface area (Å²) < 4.78 is 16.4. The van der Waals surface area contributed by atoms with Crippen LogP contribution in [0.4, 0.5) is 0 Å². The highest BCUT2D eigenvalue weighted by atomic mass is 16.6. The SMILES string of the molecule is COc1ccc(C2OC(=O)CC2C)c(C(C)C)c1OC. The molecular formula is C16H22O4. The molecule has 0 aliphatic carbocycles. The summed E-state index contributed by atoms with van der Waals surface area (Å²) in [4.78, 5) is 11.5. The van der Waals surface area contributed by atoms with E-state index in [1.807, 2.05) is 19.1 Å². The minimum Gasteiger partial charge on any atom is -0.493 e. The van der Waals surface area contributed by atoms with Crippen molar-refractivity contribution in [2.24, 2.45) is 5.92 Å². The number of methoxy groups -OCH3 is 2. The third-order valence-electron chi connectivity index (χ3n) is 3.77. The van der Waals surface area contributed by atoms with E-state index in [2.05, 4.69) is 13.8 Å². The van der Waals surface area contributed by atoms with Crippen LogP contribution in [0.1, 0.15) is 50.3 Å². The monoisotopic (exact) mass is 278 g/mol. The van der Waals surface area contributed by atoms with Crippen molar-refractivity contribution in [1.29, 1.82) is 0 Å². The fourth-order valence-corrected chi connectivity index (χ4v) is 2.86. The number of cyclic esters (lactones) is 1. The molecule has 0 saturated carbocycles. The van der Waals surface area contributed by atoms with E-state index in [-0.39, 0.29) is 23.9 Å². The second kappa shape index (κ2) is 5.73. The molecule has 4 heteroatoms. The van der Waals surface area contributed by atoms with E-state index >= 15 is 0 Å². The Balaban J connectivity index is 2.55. The third kappa shape index (κ3) is 2.47. The summed E-state index contributed by atoms with van der Waals surface area (Å²) in [6.07, 6.45) is 0.274. The molecule has 0 radical (unpaired) electrons. The molecule has 20 heavy (non-hydrogen) atoms. The van der Waals surface area contributed by atoms with Gasteiger partial charge in [0, 0.05) is 17.0 Å². The van der Waals surface area contributed by atoms with Crippen LogP contribution in [0.2, 0.25) is 0 Å². The van der Waals surface area contributed by atoms with Crippen molar-refractivity contribution < 1.29 is 19.0 Å². The zero-order chi connectivity index (χ0) is 14.9. The van der Waals surface area contributed by atoms with Crippen molar-refractivity contribution in [3.8, 4) is 11.5 Å². The van der Waals surface area contributed by atoms with Gasteiger partial charge in [0.1, 0.15) is 6.10 Å². The molecule has 1 fully saturated rings. The van der Waals surface area contributed by atoms with Crippen molar-refractivity contribution >= 4 is 5.97 Å². The van der Waals surface area contributed by atoms with E-state index in [0.717, 1.165) is 16.9 Å². The Bertz CT molecular complexity index is 507. The van der Waals surface area contributed by atoms with Gasteiger partial charge in [-0.3, -0.25) is 4.79 Å². The molecule has 0 bridgehead atoms. The normalized spacial score (nSPS) is 22.0. The molecule has 2 atom stereocenters. The highest BCUT2D eigenvalue weighted by Crippen LogP contribution is 2.45. The van der Waals surface area contributed by atoms with Gasteiger partial charge in [-0.25, -0.2) is 0 Å². The molecule has 1 aliphatic heterocycles. The molecule has 1 aliphatic rings. The van der Waals surface area contributed by atoms with E-state index in [1.54, 1.807) is 14.2 Å². The lowest BCUT2D eigenvalue weighted by Crippen LogP contribution is -2.10. The van der Waals surface area contributed by atoms with Crippen LogP contribution in [0.5, 0.6) is 11.5 Å². The Morgan fingerprint density at radius 2 is 1.95 bits per heavy atom. The van der Waals surface area contributed by atoms with E-state index < -0.39 is 0 Å². The molecule has 0 spiro atoms. The van der Waals surface area contributed by atoms with Crippen LogP contribution >= 0.6 is 0 Å². The fourth-order valence-electron chi connectivity index (χ4n) is 2.86. The number of benzene rings is 1. The predicted octanol–water partition coefficient (Wildman–Crippen LogP) is 3.45. The number of esters is 1. The maximum absolute atomic E-state index is 11.5. The summed E-state index contributed by atoms with van der Waals surface area (Å²) in [6, 6.07) is 3.86. The van der Waals surface area contributed by atoms with E-state index in [4.69, 9.17) is 14.2 Å². The number of hydrogen-bond acceptors (Lipinski definition) is 4. The first-order valence-corrected chi connectivity index (χ1v) is 6.93. The minimum absolute atomic E-state index is 0.132. The van der Waals surface area contributed by atoms with Gasteiger partial charge in [0.05, 0.1) is 20.6 Å². The van der Waals surface area contributed by atoms with Gasteiger partial charge < -0.3 is 14.2 Å². The average molecular weight is 278 g/mol. The number of rotatable bonds is 4. The van der Waals surface area contributed by atoms with Crippen molar-refractivity contribution in [2.75, 3.05) is 14.2 Å². The minimum atomic E-state index is -0.195. The van der Waals surface area contributed by atoms with Gasteiger partial charge in [0.2, 0.25) is 0 Å². The van der Waals surface area contributed by atoms with Gasteiger partial charge in [-0.2, -0.15) is 0 Å². The van der Waals surface area contributed by atoms with Crippen LogP contribution in [0.25, 0.3) is 0 Å². The summed E-state index contributed by atoms with van der Waals surface area (Å²) in [6.45, 7) is 6.24. The molecule has 2 rings (SSSR count). The number of hydrogen-bond donors (Lipinski definition) is 0. The number of ether oxygens (including phenoxy) is 3. The van der Waals surface area contributed by atoms with Crippen LogP contribution < -0.4 is 9.47 Å². The van der Waals surface area contributed by atoms with Crippen LogP contribution in [-0.2, 0) is 9.53 Å². The standard InChI is InChI=1S/C16H22O4/c1-9(2)14-11(15-10(3)8-13(17)20-15)6-7-12(18-4)16(14)19-5/h6-7,9-10,15H,8H2,1-5H3. The zero-order valence-corrected chi connectivity index (χ0v) is 12.7. The zero-order valence-electron chi connectivity index (χ0n) is 12.7. The van der Waals surface area contributed by atoms with Gasteiger partial charge in [-0.15, -0.1) is 0 Å². The number of carbonyl (C=O) groups is 1. The Kier molecular flexibility index (Phi) is 4.21. The van der Waals surface area contributed by atoms with Gasteiger partial charge in [-0.05, 0) is 12.0 Å². The number of carbonyl (C=O) groups excluding carboxylic acids is 1. The van der Waals surface area contributed by atoms with E-state index in [0.29, 0.717) is 12.2 Å². The molecule has 1 heterocycles. The summed E-state index contributed by atoms with van der Waals surface area (Å²) in [5.74, 6) is 1.73. The van der Waals surface area contributed by atoms with E-state index in [9.17, 15) is 4.79 Å². The fraction of sp³-hybridized carbons (Fsp3) is 0.562. The maximum Gasteiger partial charge on any atom is 0.306 e. The quantitative estimate of drug-likeness (QED) is 0.791. The third-order valence-corrected chi connectivity index (χ3v) is 3.77. The Morgan fingerprint density at radius 3 is 2.40 bits per heavy atom. The molecule has 4 nitrogen and oxygen atoms in total. The van der Waals surface area contributed by atoms with Crippen molar-refractivity contribution in [1.82, 2.24) is 0 Å². The molecule has 1 saturated heterocycles. The summed E-state index contributed by atoms with van der Waals surface area (Å²) >= 11 is 0. The molecule has 0 aromatic heterocycles. The van der Waals surface area contributed by atoms with Gasteiger partial charge in [0.15, 0.2) is 11.5 Å². The van der Waals surface area contributed by atoms with E-state index in [1.165, 1.54) is 0 Å². The molecule has 1 aromatic rings. The lowest BCUT2D eigenvalue weighted by Gasteiger charge is -2.23. The van der Waals surface area contributed by atoms with Crippen LogP contribution in [0.3, 0.4) is 0 Å². The van der Waals surface area contributed by atoms with Gasteiger partial charge in [0.25, 0.3) is 0 Å². The molecule has 0 amide bonds. The van der Waals surface area contributed by atoms with Crippen LogP contribution in [0, 0.1) is 5.92 Å². The molecule has 110 valence electrons. The maximum atomic E-state index is 11.5. The first-order valence-electron chi connectivity index (χ1n) is 6.93. The highest BCUT2D eigenvalue weighted by molar-refractivity contribution is 5.72. The lowest BCUT2D eigenvalue weighted by atomic mass is 9.88. The molecular weight excluding hydrogens is 256 g/mol.